The van der Waals surface area contributed by atoms with Crippen LogP contribution in [0.15, 0.2) is 42.6 Å². The second kappa shape index (κ2) is 10.0. The van der Waals surface area contributed by atoms with Gasteiger partial charge in [0.25, 0.3) is 0 Å². The largest absolute Gasteiger partial charge is 0.465 e. The van der Waals surface area contributed by atoms with E-state index in [1.165, 1.54) is 0 Å². The van der Waals surface area contributed by atoms with Gasteiger partial charge in [0.05, 0.1) is 23.1 Å². The van der Waals surface area contributed by atoms with Crippen molar-refractivity contribution in [2.75, 3.05) is 11.9 Å². The van der Waals surface area contributed by atoms with E-state index in [-0.39, 0.29) is 6.04 Å². The maximum Gasteiger partial charge on any atom is 0.409 e. The van der Waals surface area contributed by atoms with Crippen LogP contribution in [0.2, 0.25) is 25.7 Å². The number of benzene rings is 1. The van der Waals surface area contributed by atoms with Gasteiger partial charge in [0.2, 0.25) is 0 Å². The monoisotopic (exact) mass is 441 g/mol. The first-order valence-electron chi connectivity index (χ1n) is 10.4. The Balaban J connectivity index is 1.75. The third kappa shape index (κ3) is 6.61. The van der Waals surface area contributed by atoms with Crippen molar-refractivity contribution in [1.82, 2.24) is 20.1 Å². The number of carbonyl (C=O) groups is 1. The highest BCUT2D eigenvalue weighted by molar-refractivity contribution is 6.76. The second-order valence-electron chi connectivity index (χ2n) is 8.82. The van der Waals surface area contributed by atoms with Crippen LogP contribution in [0.3, 0.4) is 0 Å². The number of hydrogen-bond donors (Lipinski definition) is 3. The summed E-state index contributed by atoms with van der Waals surface area (Å²) in [4.78, 5) is 16.0. The smallest absolute Gasteiger partial charge is 0.409 e. The average molecular weight is 442 g/mol. The summed E-state index contributed by atoms with van der Waals surface area (Å²) in [7, 11) is -1.16. The Morgan fingerprint density at radius 2 is 2.00 bits per heavy atom. The van der Waals surface area contributed by atoms with Crippen LogP contribution in [-0.4, -0.2) is 40.6 Å². The first-order chi connectivity index (χ1) is 14.7. The van der Waals surface area contributed by atoms with E-state index in [1.807, 2.05) is 18.2 Å². The molecule has 0 fully saturated rings. The minimum atomic E-state index is -1.16. The minimum absolute atomic E-state index is 0.0962. The molecule has 0 radical (unpaired) electrons. The molecule has 166 valence electrons. The predicted molar refractivity (Wildman–Crippen MR) is 125 cm³/mol. The van der Waals surface area contributed by atoms with Gasteiger partial charge in [-0.3, -0.25) is 5.32 Å². The molecule has 0 saturated heterocycles. The van der Waals surface area contributed by atoms with Crippen LogP contribution in [0.25, 0.3) is 11.0 Å². The average Bonchev–Trinajstić information content (AvgIpc) is 3.10. The summed E-state index contributed by atoms with van der Waals surface area (Å²) >= 11 is 0. The quantitative estimate of drug-likeness (QED) is 0.312. The Kier molecular flexibility index (Phi) is 7.42. The lowest BCUT2D eigenvalue weighted by molar-refractivity contribution is 0.0817. The fourth-order valence-electron chi connectivity index (χ4n) is 3.14. The van der Waals surface area contributed by atoms with E-state index >= 15 is 0 Å². The number of rotatable bonds is 10. The molecule has 1 atom stereocenters. The Labute approximate surface area is 183 Å². The molecule has 0 bridgehead atoms. The zero-order valence-corrected chi connectivity index (χ0v) is 19.6. The summed E-state index contributed by atoms with van der Waals surface area (Å²) < 4.78 is 7.51. The number of anilines is 1. The number of amides is 1. The van der Waals surface area contributed by atoms with Gasteiger partial charge in [0.15, 0.2) is 0 Å². The normalized spacial score (nSPS) is 12.8. The lowest BCUT2D eigenvalue weighted by Crippen LogP contribution is -2.22. The molecule has 0 aliphatic rings. The lowest BCUT2D eigenvalue weighted by atomic mass is 10.1. The fourth-order valence-corrected chi connectivity index (χ4v) is 3.90. The van der Waals surface area contributed by atoms with Crippen LogP contribution in [-0.2, 0) is 18.0 Å². The first kappa shape index (κ1) is 22.9. The summed E-state index contributed by atoms with van der Waals surface area (Å²) in [5.41, 5.74) is 3.65. The van der Waals surface area contributed by atoms with Gasteiger partial charge in [-0.25, -0.2) is 14.5 Å². The van der Waals surface area contributed by atoms with Crippen LogP contribution in [0, 0.1) is 0 Å². The van der Waals surface area contributed by atoms with Gasteiger partial charge in [-0.1, -0.05) is 50.0 Å². The van der Waals surface area contributed by atoms with Gasteiger partial charge in [-0.2, -0.15) is 5.10 Å². The molecule has 2 aromatic heterocycles. The number of aromatic nitrogens is 3. The molecular weight excluding hydrogens is 410 g/mol. The van der Waals surface area contributed by atoms with Gasteiger partial charge < -0.3 is 15.2 Å². The highest BCUT2D eigenvalue weighted by Crippen LogP contribution is 2.22. The van der Waals surface area contributed by atoms with Crippen LogP contribution in [0.1, 0.15) is 24.2 Å². The van der Waals surface area contributed by atoms with Gasteiger partial charge in [0.1, 0.15) is 12.2 Å². The van der Waals surface area contributed by atoms with Crippen molar-refractivity contribution in [1.29, 1.82) is 0 Å². The number of ether oxygens (including phenoxy) is 1. The van der Waals surface area contributed by atoms with Crippen molar-refractivity contribution in [3.63, 3.8) is 0 Å². The summed E-state index contributed by atoms with van der Waals surface area (Å²) in [6.07, 6.45) is 0.558. The molecule has 3 N–H and O–H groups in total. The van der Waals surface area contributed by atoms with Gasteiger partial charge in [0, 0.05) is 27.3 Å². The molecular formula is C22H31N5O3Si. The molecule has 1 aromatic carbocycles. The van der Waals surface area contributed by atoms with Crippen molar-refractivity contribution in [2.45, 2.75) is 51.9 Å². The number of pyridine rings is 1. The van der Waals surface area contributed by atoms with E-state index in [4.69, 9.17) is 4.74 Å². The summed E-state index contributed by atoms with van der Waals surface area (Å²) in [6, 6.07) is 13.0. The topological polar surface area (TPSA) is 101 Å². The van der Waals surface area contributed by atoms with Crippen molar-refractivity contribution in [2.24, 2.45) is 0 Å². The minimum Gasteiger partial charge on any atom is -0.465 e. The Morgan fingerprint density at radius 3 is 2.68 bits per heavy atom. The number of hydrogen-bond acceptors (Lipinski definition) is 5. The number of nitrogens with one attached hydrogen (secondary N) is 2. The van der Waals surface area contributed by atoms with E-state index < -0.39 is 14.2 Å². The zero-order chi connectivity index (χ0) is 22.4. The number of fused-ring (bicyclic) bond motifs is 1. The standard InChI is InChI=1S/C22H31N5O3Si/c1-16(17-8-6-5-7-9-17)23-13-19-18(26-22(28)29)12-21-20(25-19)14-24-27(21)15-30-10-11-31(2,3)4/h5-9,12,14,16,23,26H,10-11,13,15H2,1-4H3,(H,28,29)/t16-/m1/s1. The first-order valence-corrected chi connectivity index (χ1v) is 14.1. The summed E-state index contributed by atoms with van der Waals surface area (Å²) in [5.74, 6) is 0. The third-order valence-corrected chi connectivity index (χ3v) is 6.74. The number of nitrogens with zero attached hydrogens (tertiary/aromatic N) is 3. The van der Waals surface area contributed by atoms with Crippen LogP contribution >= 0.6 is 0 Å². The summed E-state index contributed by atoms with van der Waals surface area (Å²) in [6.45, 7) is 10.4. The van der Waals surface area contributed by atoms with Crippen LogP contribution < -0.4 is 10.6 Å². The number of carboxylic acid groups (broad SMARTS) is 1. The van der Waals surface area contributed by atoms with E-state index in [2.05, 4.69) is 59.4 Å². The third-order valence-electron chi connectivity index (χ3n) is 5.03. The van der Waals surface area contributed by atoms with E-state index in [9.17, 15) is 9.90 Å². The molecule has 0 spiro atoms. The van der Waals surface area contributed by atoms with Gasteiger partial charge in [-0.05, 0) is 24.6 Å². The molecule has 3 rings (SSSR count). The van der Waals surface area contributed by atoms with Crippen molar-refractivity contribution in [3.8, 4) is 0 Å². The van der Waals surface area contributed by atoms with Crippen molar-refractivity contribution in [3.05, 3.63) is 53.9 Å². The Hall–Kier alpha value is -2.75. The molecule has 3 aromatic rings. The molecule has 0 aliphatic heterocycles. The van der Waals surface area contributed by atoms with Crippen LogP contribution in [0.4, 0.5) is 10.5 Å². The van der Waals surface area contributed by atoms with Gasteiger partial charge in [-0.15, -0.1) is 0 Å². The highest BCUT2D eigenvalue weighted by Gasteiger charge is 2.15. The van der Waals surface area contributed by atoms with Crippen molar-refractivity contribution >= 4 is 30.9 Å². The Morgan fingerprint density at radius 1 is 1.26 bits per heavy atom. The molecule has 8 nitrogen and oxygen atoms in total. The molecule has 1 amide bonds. The highest BCUT2D eigenvalue weighted by atomic mass is 28.3. The lowest BCUT2D eigenvalue weighted by Gasteiger charge is -2.16. The van der Waals surface area contributed by atoms with E-state index in [1.54, 1.807) is 16.9 Å². The zero-order valence-electron chi connectivity index (χ0n) is 18.6. The summed E-state index contributed by atoms with van der Waals surface area (Å²) in [5, 5.41) is 19.5. The van der Waals surface area contributed by atoms with E-state index in [0.29, 0.717) is 36.8 Å². The molecule has 0 saturated carbocycles. The van der Waals surface area contributed by atoms with Crippen molar-refractivity contribution < 1.29 is 14.6 Å². The fraction of sp³-hybridized carbons (Fsp3) is 0.409. The molecule has 0 unspecified atom stereocenters. The van der Waals surface area contributed by atoms with Gasteiger partial charge >= 0.3 is 6.09 Å². The Bertz CT molecular complexity index is 1020. The molecule has 2 heterocycles. The maximum absolute atomic E-state index is 11.3. The second-order valence-corrected chi connectivity index (χ2v) is 14.4. The molecule has 31 heavy (non-hydrogen) atoms. The SMILES string of the molecule is C[C@@H](NCc1nc2cnn(COCC[Si](C)(C)C)c2cc1NC(=O)O)c1ccccc1. The van der Waals surface area contributed by atoms with E-state index in [0.717, 1.165) is 17.1 Å². The molecule has 9 heteroatoms. The molecule has 0 aliphatic carbocycles. The van der Waals surface area contributed by atoms with Crippen LogP contribution in [0.5, 0.6) is 0 Å². The predicted octanol–water partition coefficient (Wildman–Crippen LogP) is 4.68. The maximum atomic E-state index is 11.3.